The number of nitrogens with zero attached hydrogens (tertiary/aromatic N) is 1. The molecule has 0 aliphatic carbocycles. The molecule has 1 aromatic rings. The molecule has 0 saturated heterocycles. The number of pyridine rings is 1. The van der Waals surface area contributed by atoms with Gasteiger partial charge in [0.25, 0.3) is 0 Å². The van der Waals surface area contributed by atoms with Crippen molar-refractivity contribution in [2.75, 3.05) is 0 Å². The summed E-state index contributed by atoms with van der Waals surface area (Å²) in [5.74, 6) is -2.82. The molecule has 1 atom stereocenters. The number of aromatic nitrogens is 1. The van der Waals surface area contributed by atoms with Crippen LogP contribution >= 0.6 is 0 Å². The van der Waals surface area contributed by atoms with E-state index in [1.807, 2.05) is 0 Å². The first-order valence-corrected chi connectivity index (χ1v) is 6.55. The summed E-state index contributed by atoms with van der Waals surface area (Å²) in [4.78, 5) is 27.7. The van der Waals surface area contributed by atoms with Crippen LogP contribution in [0.5, 0.6) is 0 Å². The average molecular weight is 316 g/mol. The van der Waals surface area contributed by atoms with Crippen molar-refractivity contribution in [1.82, 2.24) is 10.3 Å². The lowest BCUT2D eigenvalue weighted by Crippen LogP contribution is -2.42. The molecule has 8 heteroatoms. The molecule has 1 amide bonds. The second kappa shape index (κ2) is 5.26. The van der Waals surface area contributed by atoms with Crippen LogP contribution in [0.4, 0.5) is 13.2 Å². The molecule has 0 radical (unpaired) electrons. The van der Waals surface area contributed by atoms with Crippen molar-refractivity contribution in [2.45, 2.75) is 45.0 Å². The lowest BCUT2D eigenvalue weighted by molar-refractivity contribution is -0.159. The largest absolute Gasteiger partial charge is 0.459 e. The molecule has 0 bridgehead atoms. The molecule has 1 aliphatic heterocycles. The minimum atomic E-state index is -4.54. The number of ether oxygens (including phenoxy) is 1. The number of hydrogen-bond acceptors (Lipinski definition) is 4. The smallest absolute Gasteiger partial charge is 0.417 e. The van der Waals surface area contributed by atoms with Crippen molar-refractivity contribution in [2.24, 2.45) is 0 Å². The number of carbonyl (C=O) groups excluding carboxylic acids is 2. The number of fused-ring (bicyclic) bond motifs is 1. The molecule has 1 aromatic heterocycles. The van der Waals surface area contributed by atoms with Crippen LogP contribution in [0.25, 0.3) is 0 Å². The number of carbonyl (C=O) groups is 2. The molecular weight excluding hydrogens is 301 g/mol. The van der Waals surface area contributed by atoms with Crippen molar-refractivity contribution in [3.05, 3.63) is 29.1 Å². The maximum atomic E-state index is 12.7. The summed E-state index contributed by atoms with van der Waals surface area (Å²) in [6, 6.07) is 0.888. The maximum absolute atomic E-state index is 12.7. The van der Waals surface area contributed by atoms with E-state index in [1.54, 1.807) is 20.8 Å². The Hall–Kier alpha value is -2.12. The van der Waals surface area contributed by atoms with Gasteiger partial charge in [0.15, 0.2) is 5.92 Å². The fourth-order valence-corrected chi connectivity index (χ4v) is 2.07. The lowest BCUT2D eigenvalue weighted by Gasteiger charge is -2.27. The highest BCUT2D eigenvalue weighted by molar-refractivity contribution is 6.04. The van der Waals surface area contributed by atoms with Gasteiger partial charge in [0.1, 0.15) is 5.60 Å². The summed E-state index contributed by atoms with van der Waals surface area (Å²) < 4.78 is 43.2. The van der Waals surface area contributed by atoms with Gasteiger partial charge in [-0.25, -0.2) is 0 Å². The van der Waals surface area contributed by atoms with Crippen LogP contribution in [0.1, 0.15) is 43.5 Å². The summed E-state index contributed by atoms with van der Waals surface area (Å²) in [5.41, 5.74) is -1.58. The van der Waals surface area contributed by atoms with E-state index in [1.165, 1.54) is 0 Å². The van der Waals surface area contributed by atoms with E-state index in [0.717, 1.165) is 6.07 Å². The number of esters is 1. The molecule has 0 saturated carbocycles. The molecule has 2 rings (SSSR count). The van der Waals surface area contributed by atoms with Gasteiger partial charge in [-0.05, 0) is 32.4 Å². The van der Waals surface area contributed by atoms with E-state index in [4.69, 9.17) is 4.74 Å². The predicted octanol–water partition coefficient (Wildman–Crippen LogP) is 2.16. The van der Waals surface area contributed by atoms with Gasteiger partial charge in [-0.2, -0.15) is 13.2 Å². The van der Waals surface area contributed by atoms with Crippen LogP contribution in [0.15, 0.2) is 12.3 Å². The SMILES string of the molecule is CC(C)(C)OC(=O)[C@@H]1C(=O)NCc2cc(C(F)(F)F)cnc21. The van der Waals surface area contributed by atoms with Crippen molar-refractivity contribution in [1.29, 1.82) is 0 Å². The summed E-state index contributed by atoms with van der Waals surface area (Å²) in [6.45, 7) is 4.79. The minimum Gasteiger partial charge on any atom is -0.459 e. The topological polar surface area (TPSA) is 68.3 Å². The van der Waals surface area contributed by atoms with Gasteiger partial charge in [-0.15, -0.1) is 0 Å². The highest BCUT2D eigenvalue weighted by Crippen LogP contribution is 2.33. The number of hydrogen-bond donors (Lipinski definition) is 1. The molecule has 0 fully saturated rings. The first kappa shape index (κ1) is 16.3. The van der Waals surface area contributed by atoms with E-state index in [-0.39, 0.29) is 17.8 Å². The van der Waals surface area contributed by atoms with E-state index in [0.29, 0.717) is 6.20 Å². The third kappa shape index (κ3) is 3.37. The van der Waals surface area contributed by atoms with Crippen LogP contribution in [0, 0.1) is 0 Å². The molecule has 0 aromatic carbocycles. The van der Waals surface area contributed by atoms with Gasteiger partial charge in [0.2, 0.25) is 5.91 Å². The Morgan fingerprint density at radius 3 is 2.55 bits per heavy atom. The second-order valence-corrected chi connectivity index (χ2v) is 5.95. The summed E-state index contributed by atoms with van der Waals surface area (Å²) in [6.07, 6.45) is -3.92. The summed E-state index contributed by atoms with van der Waals surface area (Å²) in [7, 11) is 0. The van der Waals surface area contributed by atoms with Gasteiger partial charge < -0.3 is 10.1 Å². The zero-order valence-electron chi connectivity index (χ0n) is 12.2. The van der Waals surface area contributed by atoms with Crippen LogP contribution in [0.2, 0.25) is 0 Å². The molecule has 1 N–H and O–H groups in total. The highest BCUT2D eigenvalue weighted by atomic mass is 19.4. The maximum Gasteiger partial charge on any atom is 0.417 e. The van der Waals surface area contributed by atoms with Crippen LogP contribution in [-0.2, 0) is 27.0 Å². The van der Waals surface area contributed by atoms with E-state index >= 15 is 0 Å². The first-order valence-electron chi connectivity index (χ1n) is 6.55. The molecular formula is C14H15F3N2O3. The zero-order valence-corrected chi connectivity index (χ0v) is 12.2. The summed E-state index contributed by atoms with van der Waals surface area (Å²) in [5, 5.41) is 2.39. The summed E-state index contributed by atoms with van der Waals surface area (Å²) >= 11 is 0. The Balaban J connectivity index is 2.39. The quantitative estimate of drug-likeness (QED) is 0.637. The number of nitrogens with one attached hydrogen (secondary N) is 1. The Kier molecular flexibility index (Phi) is 3.88. The van der Waals surface area contributed by atoms with Gasteiger partial charge in [0.05, 0.1) is 11.3 Å². The Morgan fingerprint density at radius 2 is 2.00 bits per heavy atom. The van der Waals surface area contributed by atoms with Crippen molar-refractivity contribution in [3.8, 4) is 0 Å². The van der Waals surface area contributed by atoms with E-state index in [9.17, 15) is 22.8 Å². The van der Waals surface area contributed by atoms with Crippen LogP contribution in [0.3, 0.4) is 0 Å². The highest BCUT2D eigenvalue weighted by Gasteiger charge is 2.40. The molecule has 5 nitrogen and oxygen atoms in total. The van der Waals surface area contributed by atoms with Crippen molar-refractivity contribution in [3.63, 3.8) is 0 Å². The van der Waals surface area contributed by atoms with Gasteiger partial charge in [-0.3, -0.25) is 14.6 Å². The fraction of sp³-hybridized carbons (Fsp3) is 0.500. The number of halogens is 3. The monoisotopic (exact) mass is 316 g/mol. The standard InChI is InChI=1S/C14H15F3N2O3/c1-13(2,3)22-12(21)9-10-7(5-19-11(9)20)4-8(6-18-10)14(15,16)17/h4,6,9H,5H2,1-3H3,(H,19,20)/t9-/m0/s1. The Bertz CT molecular complexity index is 621. The lowest BCUT2D eigenvalue weighted by atomic mass is 9.94. The number of rotatable bonds is 1. The Labute approximate surface area is 124 Å². The van der Waals surface area contributed by atoms with E-state index in [2.05, 4.69) is 10.3 Å². The predicted molar refractivity (Wildman–Crippen MR) is 69.7 cm³/mol. The molecule has 0 spiro atoms. The van der Waals surface area contributed by atoms with Crippen LogP contribution < -0.4 is 5.32 Å². The van der Waals surface area contributed by atoms with Crippen molar-refractivity contribution >= 4 is 11.9 Å². The molecule has 22 heavy (non-hydrogen) atoms. The minimum absolute atomic E-state index is 0.00556. The van der Waals surface area contributed by atoms with E-state index < -0.39 is 35.1 Å². The van der Waals surface area contributed by atoms with Crippen LogP contribution in [-0.4, -0.2) is 22.5 Å². The second-order valence-electron chi connectivity index (χ2n) is 5.95. The third-order valence-electron chi connectivity index (χ3n) is 2.96. The third-order valence-corrected chi connectivity index (χ3v) is 2.96. The first-order chi connectivity index (χ1) is 9.99. The van der Waals surface area contributed by atoms with Gasteiger partial charge >= 0.3 is 12.1 Å². The normalized spacial score (nSPS) is 18.5. The molecule has 0 unspecified atom stereocenters. The Morgan fingerprint density at radius 1 is 1.36 bits per heavy atom. The average Bonchev–Trinajstić information content (AvgIpc) is 2.34. The number of amides is 1. The number of alkyl halides is 3. The molecule has 2 heterocycles. The molecule has 120 valence electrons. The zero-order chi connectivity index (χ0) is 16.7. The van der Waals surface area contributed by atoms with Gasteiger partial charge in [0, 0.05) is 12.7 Å². The fourth-order valence-electron chi connectivity index (χ4n) is 2.07. The van der Waals surface area contributed by atoms with Crippen molar-refractivity contribution < 1.29 is 27.5 Å². The molecule has 1 aliphatic rings. The van der Waals surface area contributed by atoms with Gasteiger partial charge in [-0.1, -0.05) is 0 Å².